The van der Waals surface area contributed by atoms with Crippen LogP contribution in [-0.2, 0) is 0 Å². The molecule has 0 atom stereocenters. The number of hydrogen-bond acceptors (Lipinski definition) is 6. The molecule has 0 N–H and O–H groups in total. The number of carbonyl (C=O) groups excluding carboxylic acids is 1. The third-order valence-electron chi connectivity index (χ3n) is 3.31. The van der Waals surface area contributed by atoms with Gasteiger partial charge < -0.3 is 0 Å². The summed E-state index contributed by atoms with van der Waals surface area (Å²) < 4.78 is 1.22. The number of aromatic nitrogens is 3. The van der Waals surface area contributed by atoms with E-state index in [-0.39, 0.29) is 11.6 Å². The van der Waals surface area contributed by atoms with Crippen LogP contribution < -0.4 is 0 Å². The van der Waals surface area contributed by atoms with E-state index in [1.54, 1.807) is 6.26 Å². The summed E-state index contributed by atoms with van der Waals surface area (Å²) in [6.07, 6.45) is 1.80. The molecule has 0 aliphatic heterocycles. The average Bonchev–Trinajstić information content (AvgIpc) is 3.06. The summed E-state index contributed by atoms with van der Waals surface area (Å²) in [4.78, 5) is 27.2. The Kier molecular flexibility index (Phi) is 4.39. The highest BCUT2D eigenvalue weighted by molar-refractivity contribution is 7.98. The van der Waals surface area contributed by atoms with E-state index in [0.29, 0.717) is 16.5 Å². The molecular weight excluding hydrogens is 328 g/mol. The van der Waals surface area contributed by atoms with Crippen LogP contribution in [0.4, 0.5) is 5.69 Å². The summed E-state index contributed by atoms with van der Waals surface area (Å²) in [6.45, 7) is 0. The van der Waals surface area contributed by atoms with E-state index in [4.69, 9.17) is 0 Å². The van der Waals surface area contributed by atoms with Gasteiger partial charge in [0.2, 0.25) is 0 Å². The number of benzene rings is 2. The van der Waals surface area contributed by atoms with Crippen LogP contribution >= 0.6 is 11.8 Å². The van der Waals surface area contributed by atoms with Crippen LogP contribution in [0, 0.1) is 10.1 Å². The Morgan fingerprint density at radius 2 is 1.79 bits per heavy atom. The molecule has 3 aromatic rings. The maximum absolute atomic E-state index is 12.6. The third kappa shape index (κ3) is 3.04. The zero-order chi connectivity index (χ0) is 17.1. The first kappa shape index (κ1) is 15.9. The van der Waals surface area contributed by atoms with E-state index in [1.807, 2.05) is 30.3 Å². The highest BCUT2D eigenvalue weighted by atomic mass is 32.2. The number of nitrogens with zero attached hydrogens (tertiary/aromatic N) is 4. The van der Waals surface area contributed by atoms with Gasteiger partial charge in [0, 0.05) is 23.3 Å². The van der Waals surface area contributed by atoms with Gasteiger partial charge >= 0.3 is 0 Å². The fourth-order valence-electron chi connectivity index (χ4n) is 2.12. The Hall–Kier alpha value is -3.00. The first-order valence-corrected chi connectivity index (χ1v) is 8.18. The van der Waals surface area contributed by atoms with Gasteiger partial charge in [-0.25, -0.2) is 4.98 Å². The maximum Gasteiger partial charge on any atom is 0.280 e. The molecule has 0 radical (unpaired) electrons. The lowest BCUT2D eigenvalue weighted by Crippen LogP contribution is -2.14. The number of non-ortho nitro benzene ring substituents is 1. The van der Waals surface area contributed by atoms with Gasteiger partial charge in [-0.1, -0.05) is 42.1 Å². The minimum Gasteiger partial charge on any atom is -0.267 e. The van der Waals surface area contributed by atoms with Crippen LogP contribution in [-0.4, -0.2) is 31.9 Å². The first-order valence-electron chi connectivity index (χ1n) is 6.96. The van der Waals surface area contributed by atoms with Crippen LogP contribution in [0.3, 0.4) is 0 Å². The lowest BCUT2D eigenvalue weighted by Gasteiger charge is -2.02. The number of thioether (sulfide) groups is 1. The second-order valence-corrected chi connectivity index (χ2v) is 5.58. The molecule has 0 aliphatic rings. The van der Waals surface area contributed by atoms with Crippen molar-refractivity contribution in [1.29, 1.82) is 0 Å². The number of rotatable bonds is 4. The highest BCUT2D eigenvalue weighted by Crippen LogP contribution is 2.21. The van der Waals surface area contributed by atoms with Crippen molar-refractivity contribution in [2.45, 2.75) is 5.16 Å². The molecule has 120 valence electrons. The van der Waals surface area contributed by atoms with Crippen molar-refractivity contribution in [3.8, 4) is 11.4 Å². The molecule has 0 fully saturated rings. The van der Waals surface area contributed by atoms with E-state index in [0.717, 1.165) is 5.56 Å². The SMILES string of the molecule is CSc1nc(-c2ccccc2)nn1C(=O)c1ccc([N+](=O)[O-])cc1. The zero-order valence-corrected chi connectivity index (χ0v) is 13.4. The van der Waals surface area contributed by atoms with Gasteiger partial charge in [-0.05, 0) is 18.4 Å². The predicted molar refractivity (Wildman–Crippen MR) is 90.1 cm³/mol. The van der Waals surface area contributed by atoms with Gasteiger partial charge in [0.25, 0.3) is 11.6 Å². The second kappa shape index (κ2) is 6.63. The smallest absolute Gasteiger partial charge is 0.267 e. The molecule has 7 nitrogen and oxygen atoms in total. The van der Waals surface area contributed by atoms with Gasteiger partial charge in [0.15, 0.2) is 11.0 Å². The summed E-state index contributed by atoms with van der Waals surface area (Å²) in [7, 11) is 0. The van der Waals surface area contributed by atoms with Crippen molar-refractivity contribution in [1.82, 2.24) is 14.8 Å². The minimum absolute atomic E-state index is 0.0693. The third-order valence-corrected chi connectivity index (χ3v) is 3.94. The van der Waals surface area contributed by atoms with Gasteiger partial charge in [-0.3, -0.25) is 14.9 Å². The number of hydrogen-bond donors (Lipinski definition) is 0. The maximum atomic E-state index is 12.6. The molecular formula is C16H12N4O3S. The number of nitro benzene ring substituents is 1. The topological polar surface area (TPSA) is 90.9 Å². The lowest BCUT2D eigenvalue weighted by atomic mass is 10.2. The Labute approximate surface area is 141 Å². The molecule has 24 heavy (non-hydrogen) atoms. The fourth-order valence-corrected chi connectivity index (χ4v) is 2.59. The molecule has 0 bridgehead atoms. The van der Waals surface area contributed by atoms with Crippen molar-refractivity contribution in [2.24, 2.45) is 0 Å². The average molecular weight is 340 g/mol. The molecule has 0 amide bonds. The van der Waals surface area contributed by atoms with Gasteiger partial charge in [0.1, 0.15) is 0 Å². The van der Waals surface area contributed by atoms with E-state index in [1.165, 1.54) is 40.7 Å². The molecule has 2 aromatic carbocycles. The fraction of sp³-hybridized carbons (Fsp3) is 0.0625. The molecule has 0 saturated carbocycles. The summed E-state index contributed by atoms with van der Waals surface area (Å²) >= 11 is 1.30. The monoisotopic (exact) mass is 340 g/mol. The van der Waals surface area contributed by atoms with Gasteiger partial charge in [-0.15, -0.1) is 5.10 Å². The highest BCUT2D eigenvalue weighted by Gasteiger charge is 2.18. The minimum atomic E-state index is -0.509. The Morgan fingerprint density at radius 3 is 2.38 bits per heavy atom. The molecule has 1 heterocycles. The Morgan fingerprint density at radius 1 is 1.12 bits per heavy atom. The van der Waals surface area contributed by atoms with E-state index in [2.05, 4.69) is 10.1 Å². The van der Waals surface area contributed by atoms with E-state index >= 15 is 0 Å². The largest absolute Gasteiger partial charge is 0.280 e. The Balaban J connectivity index is 1.97. The predicted octanol–water partition coefficient (Wildman–Crippen LogP) is 3.26. The number of carbonyl (C=O) groups is 1. The quantitative estimate of drug-likeness (QED) is 0.411. The molecule has 8 heteroatoms. The number of nitro groups is 1. The summed E-state index contributed by atoms with van der Waals surface area (Å²) in [5, 5.41) is 15.4. The normalized spacial score (nSPS) is 10.5. The lowest BCUT2D eigenvalue weighted by molar-refractivity contribution is -0.384. The summed E-state index contributed by atoms with van der Waals surface area (Å²) in [5.74, 6) is 0.0686. The van der Waals surface area contributed by atoms with Crippen molar-refractivity contribution < 1.29 is 9.72 Å². The van der Waals surface area contributed by atoms with Crippen LogP contribution in [0.2, 0.25) is 0 Å². The van der Waals surface area contributed by atoms with E-state index < -0.39 is 4.92 Å². The Bertz CT molecular complexity index is 891. The van der Waals surface area contributed by atoms with Crippen LogP contribution in [0.5, 0.6) is 0 Å². The van der Waals surface area contributed by atoms with Crippen molar-refractivity contribution in [3.05, 3.63) is 70.3 Å². The summed E-state index contributed by atoms with van der Waals surface area (Å²) in [6, 6.07) is 14.8. The van der Waals surface area contributed by atoms with Gasteiger partial charge in [-0.2, -0.15) is 4.68 Å². The van der Waals surface area contributed by atoms with Crippen LogP contribution in [0.1, 0.15) is 10.4 Å². The standard InChI is InChI=1S/C16H12N4O3S/c1-24-16-17-14(11-5-3-2-4-6-11)18-19(16)15(21)12-7-9-13(10-8-12)20(22)23/h2-10H,1H3. The van der Waals surface area contributed by atoms with Crippen LogP contribution in [0.25, 0.3) is 11.4 Å². The molecule has 1 aromatic heterocycles. The first-order chi connectivity index (χ1) is 11.6. The van der Waals surface area contributed by atoms with Crippen molar-refractivity contribution >= 4 is 23.4 Å². The summed E-state index contributed by atoms with van der Waals surface area (Å²) in [5.41, 5.74) is 1.05. The van der Waals surface area contributed by atoms with Crippen molar-refractivity contribution in [2.75, 3.05) is 6.26 Å². The molecule has 0 aliphatic carbocycles. The zero-order valence-electron chi connectivity index (χ0n) is 12.6. The van der Waals surface area contributed by atoms with E-state index in [9.17, 15) is 14.9 Å². The van der Waals surface area contributed by atoms with Gasteiger partial charge in [0.05, 0.1) is 4.92 Å². The second-order valence-electron chi connectivity index (χ2n) is 4.81. The van der Waals surface area contributed by atoms with Crippen molar-refractivity contribution in [3.63, 3.8) is 0 Å². The van der Waals surface area contributed by atoms with Crippen LogP contribution in [0.15, 0.2) is 59.8 Å². The molecule has 3 rings (SSSR count). The molecule has 0 saturated heterocycles. The molecule has 0 spiro atoms. The molecule has 0 unspecified atom stereocenters.